The Bertz CT molecular complexity index is 605. The Hall–Kier alpha value is -1.74. The van der Waals surface area contributed by atoms with Crippen molar-refractivity contribution < 1.29 is 18.3 Å². The first-order chi connectivity index (χ1) is 10.0. The maximum absolute atomic E-state index is 12.0. The van der Waals surface area contributed by atoms with Gasteiger partial charge in [-0.2, -0.15) is 8.78 Å². The van der Waals surface area contributed by atoms with Crippen molar-refractivity contribution in [1.29, 1.82) is 0 Å². The van der Waals surface area contributed by atoms with Gasteiger partial charge in [-0.25, -0.2) is 0 Å². The third-order valence-corrected chi connectivity index (χ3v) is 4.17. The largest absolute Gasteiger partial charge is 0.435 e. The molecule has 0 aliphatic rings. The normalized spacial score (nSPS) is 10.7. The van der Waals surface area contributed by atoms with Crippen LogP contribution in [-0.4, -0.2) is 28.5 Å². The summed E-state index contributed by atoms with van der Waals surface area (Å²) in [6, 6.07) is 5.72. The summed E-state index contributed by atoms with van der Waals surface area (Å²) in [5.41, 5.74) is 0.510. The predicted molar refractivity (Wildman–Crippen MR) is 77.1 cm³/mol. The number of nitrogens with zero attached hydrogens (tertiary/aromatic N) is 2. The monoisotopic (exact) mass is 331 g/mol. The summed E-state index contributed by atoms with van der Waals surface area (Å²) in [4.78, 5) is 11.7. The highest BCUT2D eigenvalue weighted by Crippen LogP contribution is 2.22. The van der Waals surface area contributed by atoms with Crippen LogP contribution in [0, 0.1) is 6.92 Å². The Morgan fingerprint density at radius 2 is 2.10 bits per heavy atom. The second-order valence-corrected chi connectivity index (χ2v) is 6.23. The molecule has 0 aliphatic carbocycles. The van der Waals surface area contributed by atoms with Crippen molar-refractivity contribution in [3.8, 4) is 5.75 Å². The van der Waals surface area contributed by atoms with Gasteiger partial charge in [-0.15, -0.1) is 10.2 Å². The molecule has 0 saturated heterocycles. The lowest BCUT2D eigenvalue weighted by atomic mass is 10.3. The van der Waals surface area contributed by atoms with E-state index in [1.807, 2.05) is 6.92 Å². The fraction of sp³-hybridized carbons (Fsp3) is 0.250. The van der Waals surface area contributed by atoms with Crippen LogP contribution in [0.1, 0.15) is 5.01 Å². The molecule has 1 aromatic heterocycles. The third kappa shape index (κ3) is 5.27. The van der Waals surface area contributed by atoms with Gasteiger partial charge >= 0.3 is 6.61 Å². The summed E-state index contributed by atoms with van der Waals surface area (Å²) in [6.07, 6.45) is 0. The number of anilines is 1. The lowest BCUT2D eigenvalue weighted by Gasteiger charge is -2.07. The molecule has 0 radical (unpaired) electrons. The molecular formula is C12H11F2N3O2S2. The van der Waals surface area contributed by atoms with Gasteiger partial charge < -0.3 is 10.1 Å². The van der Waals surface area contributed by atoms with Crippen LogP contribution in [0.3, 0.4) is 0 Å². The number of benzene rings is 1. The molecule has 1 N–H and O–H groups in total. The molecule has 5 nitrogen and oxygen atoms in total. The SMILES string of the molecule is Cc1nnc(SCC(=O)Nc2ccc(OC(F)F)cc2)s1. The molecule has 0 unspecified atom stereocenters. The molecule has 0 spiro atoms. The van der Waals surface area contributed by atoms with Crippen molar-refractivity contribution in [3.63, 3.8) is 0 Å². The number of aromatic nitrogens is 2. The number of ether oxygens (including phenoxy) is 1. The smallest absolute Gasteiger partial charge is 0.387 e. The molecule has 0 bridgehead atoms. The van der Waals surface area contributed by atoms with E-state index in [1.54, 1.807) is 0 Å². The number of carbonyl (C=O) groups is 1. The van der Waals surface area contributed by atoms with E-state index in [4.69, 9.17) is 0 Å². The van der Waals surface area contributed by atoms with Gasteiger partial charge in [0.25, 0.3) is 0 Å². The molecule has 0 aliphatic heterocycles. The number of thioether (sulfide) groups is 1. The minimum atomic E-state index is -2.86. The van der Waals surface area contributed by atoms with Gasteiger partial charge in [0.1, 0.15) is 10.8 Å². The van der Waals surface area contributed by atoms with Gasteiger partial charge in [0, 0.05) is 5.69 Å². The van der Waals surface area contributed by atoms with Crippen LogP contribution in [0.25, 0.3) is 0 Å². The molecule has 1 aromatic carbocycles. The molecule has 0 atom stereocenters. The van der Waals surface area contributed by atoms with Crippen molar-refractivity contribution in [1.82, 2.24) is 10.2 Å². The highest BCUT2D eigenvalue weighted by Gasteiger charge is 2.08. The van der Waals surface area contributed by atoms with Gasteiger partial charge in [-0.3, -0.25) is 4.79 Å². The summed E-state index contributed by atoms with van der Waals surface area (Å²) in [6.45, 7) is -1.03. The maximum atomic E-state index is 12.0. The Labute approximate surface area is 127 Å². The molecule has 0 fully saturated rings. The zero-order chi connectivity index (χ0) is 15.2. The van der Waals surface area contributed by atoms with Crippen LogP contribution in [0.5, 0.6) is 5.75 Å². The van der Waals surface area contributed by atoms with Gasteiger partial charge in [0.05, 0.1) is 5.75 Å². The highest BCUT2D eigenvalue weighted by atomic mass is 32.2. The van der Waals surface area contributed by atoms with Crippen LogP contribution >= 0.6 is 23.1 Å². The number of rotatable bonds is 6. The average Bonchev–Trinajstić information content (AvgIpc) is 2.84. The van der Waals surface area contributed by atoms with E-state index in [9.17, 15) is 13.6 Å². The van der Waals surface area contributed by atoms with Gasteiger partial charge in [0.2, 0.25) is 5.91 Å². The zero-order valence-corrected chi connectivity index (χ0v) is 12.5. The summed E-state index contributed by atoms with van der Waals surface area (Å²) in [5.74, 6) is 0.0290. The van der Waals surface area contributed by atoms with Crippen molar-refractivity contribution >= 4 is 34.7 Å². The number of nitrogens with one attached hydrogen (secondary N) is 1. The Morgan fingerprint density at radius 1 is 1.38 bits per heavy atom. The molecule has 0 saturated carbocycles. The second-order valence-electron chi connectivity index (χ2n) is 3.83. The summed E-state index contributed by atoms with van der Waals surface area (Å²) >= 11 is 2.71. The number of halogens is 2. The van der Waals surface area contributed by atoms with Gasteiger partial charge in [-0.1, -0.05) is 23.1 Å². The molecule has 2 rings (SSSR count). The number of carbonyl (C=O) groups excluding carboxylic acids is 1. The first-order valence-corrected chi connectivity index (χ1v) is 7.61. The topological polar surface area (TPSA) is 64.1 Å². The standard InChI is InChI=1S/C12H11F2N3O2S2/c1-7-16-17-12(21-7)20-6-10(18)15-8-2-4-9(5-3-8)19-11(13)14/h2-5,11H,6H2,1H3,(H,15,18). The lowest BCUT2D eigenvalue weighted by Crippen LogP contribution is -2.13. The van der Waals surface area contributed by atoms with E-state index in [0.29, 0.717) is 5.69 Å². The van der Waals surface area contributed by atoms with Crippen LogP contribution in [0.4, 0.5) is 14.5 Å². The Balaban J connectivity index is 1.82. The molecule has 21 heavy (non-hydrogen) atoms. The molecule has 1 amide bonds. The van der Waals surface area contributed by atoms with Crippen molar-refractivity contribution in [2.75, 3.05) is 11.1 Å². The van der Waals surface area contributed by atoms with E-state index in [0.717, 1.165) is 9.35 Å². The number of hydrogen-bond donors (Lipinski definition) is 1. The van der Waals surface area contributed by atoms with Gasteiger partial charge in [-0.05, 0) is 31.2 Å². The van der Waals surface area contributed by atoms with Crippen LogP contribution < -0.4 is 10.1 Å². The van der Waals surface area contributed by atoms with Gasteiger partial charge in [0.15, 0.2) is 4.34 Å². The van der Waals surface area contributed by atoms with Crippen molar-refractivity contribution in [2.45, 2.75) is 17.9 Å². The summed E-state index contributed by atoms with van der Waals surface area (Å²) in [5, 5.41) is 11.2. The lowest BCUT2D eigenvalue weighted by molar-refractivity contribution is -0.113. The van der Waals surface area contributed by atoms with E-state index in [-0.39, 0.29) is 17.4 Å². The van der Waals surface area contributed by atoms with Crippen LogP contribution in [0.15, 0.2) is 28.6 Å². The molecule has 112 valence electrons. The number of alkyl halides is 2. The average molecular weight is 331 g/mol. The molecule has 1 heterocycles. The number of hydrogen-bond acceptors (Lipinski definition) is 6. The quantitative estimate of drug-likeness (QED) is 0.824. The van der Waals surface area contributed by atoms with Crippen LogP contribution in [0.2, 0.25) is 0 Å². The Morgan fingerprint density at radius 3 is 2.67 bits per heavy atom. The van der Waals surface area contributed by atoms with Crippen molar-refractivity contribution in [2.24, 2.45) is 0 Å². The zero-order valence-electron chi connectivity index (χ0n) is 10.9. The summed E-state index contributed by atoms with van der Waals surface area (Å²) < 4.78 is 28.9. The van der Waals surface area contributed by atoms with Crippen LogP contribution in [-0.2, 0) is 4.79 Å². The molecule has 9 heteroatoms. The fourth-order valence-corrected chi connectivity index (χ4v) is 3.00. The van der Waals surface area contributed by atoms with Crippen molar-refractivity contribution in [3.05, 3.63) is 29.3 Å². The number of amides is 1. The predicted octanol–water partition coefficient (Wildman–Crippen LogP) is 3.18. The van der Waals surface area contributed by atoms with E-state index in [1.165, 1.54) is 47.4 Å². The Kier molecular flexibility index (Phi) is 5.45. The highest BCUT2D eigenvalue weighted by molar-refractivity contribution is 8.01. The molecular weight excluding hydrogens is 320 g/mol. The second kappa shape index (κ2) is 7.32. The minimum absolute atomic E-state index is 0.0432. The van der Waals surface area contributed by atoms with E-state index < -0.39 is 6.61 Å². The first kappa shape index (κ1) is 15.6. The number of aryl methyl sites for hydroxylation is 1. The molecule has 2 aromatic rings. The third-order valence-electron chi connectivity index (χ3n) is 2.20. The van der Waals surface area contributed by atoms with E-state index >= 15 is 0 Å². The van der Waals surface area contributed by atoms with E-state index in [2.05, 4.69) is 20.3 Å². The summed E-state index contributed by atoms with van der Waals surface area (Å²) in [7, 11) is 0. The minimum Gasteiger partial charge on any atom is -0.435 e. The fourth-order valence-electron chi connectivity index (χ4n) is 1.38. The maximum Gasteiger partial charge on any atom is 0.387 e. The first-order valence-electron chi connectivity index (χ1n) is 5.80.